The molecule has 1 heterocycles. The molecule has 3 atom stereocenters. The van der Waals surface area contributed by atoms with Gasteiger partial charge in [-0.2, -0.15) is 0 Å². The lowest BCUT2D eigenvalue weighted by atomic mass is 10.1. The summed E-state index contributed by atoms with van der Waals surface area (Å²) in [4.78, 5) is 0. The zero-order chi connectivity index (χ0) is 9.97. The third-order valence-corrected chi connectivity index (χ3v) is 4.21. The van der Waals surface area contributed by atoms with Crippen molar-refractivity contribution in [3.05, 3.63) is 46.5 Å². The van der Waals surface area contributed by atoms with E-state index in [9.17, 15) is 0 Å². The van der Waals surface area contributed by atoms with Crippen molar-refractivity contribution in [2.75, 3.05) is 6.54 Å². The summed E-state index contributed by atoms with van der Waals surface area (Å²) in [7, 11) is 5.64. The second-order valence-corrected chi connectivity index (χ2v) is 4.92. The van der Waals surface area contributed by atoms with Gasteiger partial charge in [0.2, 0.25) is 0 Å². The van der Waals surface area contributed by atoms with Gasteiger partial charge in [0.05, 0.1) is 0 Å². The molecule has 74 valence electrons. The molecular weight excluding hydrogens is 208 g/mol. The molecule has 1 aliphatic heterocycles. The normalized spacial score (nSPS) is 21.7. The summed E-state index contributed by atoms with van der Waals surface area (Å²) in [6.45, 7) is 1.00. The number of hydrogen-bond acceptors (Lipinski definition) is 1. The largest absolute Gasteiger partial charge is 0.305 e. The Morgan fingerprint density at radius 3 is 2.50 bits per heavy atom. The van der Waals surface area contributed by atoms with Gasteiger partial charge in [-0.1, -0.05) is 30.3 Å². The molecule has 2 rings (SSSR count). The van der Waals surface area contributed by atoms with Gasteiger partial charge in [-0.25, -0.2) is 0 Å². The van der Waals surface area contributed by atoms with Crippen LogP contribution in [-0.2, 0) is 6.42 Å². The molecule has 0 spiro atoms. The van der Waals surface area contributed by atoms with E-state index in [4.69, 9.17) is 0 Å². The molecule has 1 aliphatic rings. The standard InChI is InChI=1S/C11H15NP2/c13-10-7-12-9(11(10)14)6-8-4-2-1-3-5-8/h1-5,9,12H,6-7,13-14H2. The van der Waals surface area contributed by atoms with Crippen molar-refractivity contribution in [1.29, 1.82) is 0 Å². The highest BCUT2D eigenvalue weighted by atomic mass is 31.0. The van der Waals surface area contributed by atoms with Crippen LogP contribution in [0.5, 0.6) is 0 Å². The Kier molecular flexibility index (Phi) is 3.34. The van der Waals surface area contributed by atoms with Gasteiger partial charge in [-0.05, 0) is 22.6 Å². The van der Waals surface area contributed by atoms with Crippen molar-refractivity contribution >= 4 is 18.5 Å². The molecule has 0 aliphatic carbocycles. The van der Waals surface area contributed by atoms with E-state index in [2.05, 4.69) is 54.1 Å². The van der Waals surface area contributed by atoms with Crippen molar-refractivity contribution < 1.29 is 0 Å². The Morgan fingerprint density at radius 1 is 1.21 bits per heavy atom. The van der Waals surface area contributed by atoms with Crippen molar-refractivity contribution in [3.8, 4) is 0 Å². The Labute approximate surface area is 89.8 Å². The first kappa shape index (κ1) is 10.3. The molecule has 0 fully saturated rings. The number of benzene rings is 1. The first-order valence-electron chi connectivity index (χ1n) is 4.78. The molecular formula is C11H15NP2. The van der Waals surface area contributed by atoms with E-state index in [1.165, 1.54) is 16.2 Å². The summed E-state index contributed by atoms with van der Waals surface area (Å²) < 4.78 is 0. The van der Waals surface area contributed by atoms with Gasteiger partial charge in [0, 0.05) is 12.6 Å². The predicted molar refractivity (Wildman–Crippen MR) is 68.4 cm³/mol. The van der Waals surface area contributed by atoms with Crippen LogP contribution in [0.25, 0.3) is 0 Å². The molecule has 0 amide bonds. The van der Waals surface area contributed by atoms with E-state index in [1.807, 2.05) is 0 Å². The minimum absolute atomic E-state index is 0.495. The van der Waals surface area contributed by atoms with E-state index in [0.29, 0.717) is 6.04 Å². The van der Waals surface area contributed by atoms with E-state index in [1.54, 1.807) is 0 Å². The van der Waals surface area contributed by atoms with Crippen molar-refractivity contribution in [2.24, 2.45) is 0 Å². The molecule has 0 radical (unpaired) electrons. The fourth-order valence-electron chi connectivity index (χ4n) is 1.70. The third kappa shape index (κ3) is 2.23. The molecule has 14 heavy (non-hydrogen) atoms. The van der Waals surface area contributed by atoms with Gasteiger partial charge >= 0.3 is 0 Å². The molecule has 0 bridgehead atoms. The van der Waals surface area contributed by atoms with E-state index in [-0.39, 0.29) is 0 Å². The summed E-state index contributed by atoms with van der Waals surface area (Å²) in [5.74, 6) is 0. The topological polar surface area (TPSA) is 12.0 Å². The Balaban J connectivity index is 2.07. The predicted octanol–water partition coefficient (Wildman–Crippen LogP) is 2.16. The maximum atomic E-state index is 3.49. The van der Waals surface area contributed by atoms with E-state index < -0.39 is 0 Å². The second-order valence-electron chi connectivity index (χ2n) is 3.60. The fraction of sp³-hybridized carbons (Fsp3) is 0.273. The zero-order valence-electron chi connectivity index (χ0n) is 8.03. The molecule has 1 nitrogen and oxygen atoms in total. The summed E-state index contributed by atoms with van der Waals surface area (Å²) in [6, 6.07) is 11.1. The highest BCUT2D eigenvalue weighted by Gasteiger charge is 2.19. The monoisotopic (exact) mass is 223 g/mol. The van der Waals surface area contributed by atoms with Crippen LogP contribution in [0.3, 0.4) is 0 Å². The first-order valence-corrected chi connectivity index (χ1v) is 5.94. The fourth-order valence-corrected chi connectivity index (χ4v) is 2.36. The Hall–Kier alpha value is -0.220. The maximum Gasteiger partial charge on any atom is 0.0366 e. The maximum absolute atomic E-state index is 3.49. The summed E-state index contributed by atoms with van der Waals surface area (Å²) in [6.07, 6.45) is 1.08. The van der Waals surface area contributed by atoms with Gasteiger partial charge < -0.3 is 5.32 Å². The quantitative estimate of drug-likeness (QED) is 0.757. The summed E-state index contributed by atoms with van der Waals surface area (Å²) >= 11 is 0. The molecule has 1 aromatic carbocycles. The minimum Gasteiger partial charge on any atom is -0.305 e. The summed E-state index contributed by atoms with van der Waals surface area (Å²) in [5, 5.41) is 6.28. The smallest absolute Gasteiger partial charge is 0.0366 e. The van der Waals surface area contributed by atoms with Gasteiger partial charge in [0.15, 0.2) is 0 Å². The van der Waals surface area contributed by atoms with Gasteiger partial charge in [-0.15, -0.1) is 18.5 Å². The van der Waals surface area contributed by atoms with Crippen molar-refractivity contribution in [2.45, 2.75) is 12.5 Å². The van der Waals surface area contributed by atoms with Crippen LogP contribution < -0.4 is 5.32 Å². The van der Waals surface area contributed by atoms with Crippen LogP contribution in [0.2, 0.25) is 0 Å². The highest BCUT2D eigenvalue weighted by molar-refractivity contribution is 7.28. The molecule has 3 heteroatoms. The van der Waals surface area contributed by atoms with Crippen LogP contribution in [0.1, 0.15) is 5.56 Å². The second kappa shape index (κ2) is 4.53. The Morgan fingerprint density at radius 2 is 1.93 bits per heavy atom. The van der Waals surface area contributed by atoms with Crippen LogP contribution in [0.4, 0.5) is 0 Å². The molecule has 3 unspecified atom stereocenters. The summed E-state index contributed by atoms with van der Waals surface area (Å²) in [5.41, 5.74) is 1.39. The van der Waals surface area contributed by atoms with Crippen LogP contribution in [-0.4, -0.2) is 12.6 Å². The lowest BCUT2D eigenvalue weighted by Crippen LogP contribution is -2.25. The van der Waals surface area contributed by atoms with E-state index >= 15 is 0 Å². The average molecular weight is 223 g/mol. The minimum atomic E-state index is 0.495. The molecule has 1 aromatic rings. The lowest BCUT2D eigenvalue weighted by Gasteiger charge is -2.12. The van der Waals surface area contributed by atoms with Crippen LogP contribution in [0, 0.1) is 0 Å². The molecule has 1 N–H and O–H groups in total. The average Bonchev–Trinajstić information content (AvgIpc) is 2.52. The van der Waals surface area contributed by atoms with Crippen molar-refractivity contribution in [1.82, 2.24) is 5.32 Å². The third-order valence-electron chi connectivity index (χ3n) is 2.57. The SMILES string of the molecule is PC1=C(P)C(Cc2ccccc2)NC1. The molecule has 0 saturated carbocycles. The number of hydrogen-bond donors (Lipinski definition) is 1. The van der Waals surface area contributed by atoms with Gasteiger partial charge in [0.1, 0.15) is 0 Å². The number of rotatable bonds is 2. The first-order chi connectivity index (χ1) is 6.77. The Bertz CT molecular complexity index is 346. The zero-order valence-corrected chi connectivity index (χ0v) is 10.3. The van der Waals surface area contributed by atoms with Gasteiger partial charge in [0.25, 0.3) is 0 Å². The molecule has 0 aromatic heterocycles. The molecule has 0 saturated heterocycles. The lowest BCUT2D eigenvalue weighted by molar-refractivity contribution is 0.659. The van der Waals surface area contributed by atoms with Crippen LogP contribution >= 0.6 is 18.5 Å². The van der Waals surface area contributed by atoms with Crippen LogP contribution in [0.15, 0.2) is 41.0 Å². The van der Waals surface area contributed by atoms with Gasteiger partial charge in [-0.3, -0.25) is 0 Å². The highest BCUT2D eigenvalue weighted by Crippen LogP contribution is 2.28. The number of nitrogens with one attached hydrogen (secondary N) is 1. The van der Waals surface area contributed by atoms with E-state index in [0.717, 1.165) is 13.0 Å². The van der Waals surface area contributed by atoms with Crippen molar-refractivity contribution in [3.63, 3.8) is 0 Å².